The molecule has 0 aliphatic carbocycles. The lowest BCUT2D eigenvalue weighted by Gasteiger charge is -2.09. The van der Waals surface area contributed by atoms with Gasteiger partial charge in [0.2, 0.25) is 9.84 Å². The number of benzene rings is 2. The third-order valence-corrected chi connectivity index (χ3v) is 5.00. The quantitative estimate of drug-likeness (QED) is 0.618. The van der Waals surface area contributed by atoms with Crippen molar-refractivity contribution in [3.8, 4) is 0 Å². The zero-order chi connectivity index (χ0) is 17.0. The molecule has 2 rings (SSSR count). The van der Waals surface area contributed by atoms with Crippen LogP contribution in [0.25, 0.3) is 0 Å². The first-order chi connectivity index (χ1) is 10.9. The van der Waals surface area contributed by atoms with E-state index in [9.17, 15) is 18.5 Å². The highest BCUT2D eigenvalue weighted by Gasteiger charge is 2.23. The summed E-state index contributed by atoms with van der Waals surface area (Å²) in [6.07, 6.45) is 0. The number of aliphatic hydroxyl groups is 1. The van der Waals surface area contributed by atoms with Gasteiger partial charge in [-0.3, -0.25) is 10.1 Å². The van der Waals surface area contributed by atoms with E-state index in [2.05, 4.69) is 5.32 Å². The summed E-state index contributed by atoms with van der Waals surface area (Å²) in [5.74, 6) is 0. The number of nitro benzene ring substituents is 1. The first-order valence-corrected chi connectivity index (χ1v) is 8.29. The Morgan fingerprint density at radius 2 is 1.74 bits per heavy atom. The van der Waals surface area contributed by atoms with E-state index in [0.29, 0.717) is 0 Å². The molecule has 0 bridgehead atoms. The molecule has 0 unspecified atom stereocenters. The lowest BCUT2D eigenvalue weighted by atomic mass is 10.2. The van der Waals surface area contributed by atoms with Crippen LogP contribution >= 0.6 is 0 Å². The number of anilines is 1. The van der Waals surface area contributed by atoms with E-state index >= 15 is 0 Å². The Bertz CT molecular complexity index is 816. The topological polar surface area (TPSA) is 110 Å². The second-order valence-electron chi connectivity index (χ2n) is 4.90. The minimum Gasteiger partial charge on any atom is -0.395 e. The van der Waals surface area contributed by atoms with E-state index < -0.39 is 14.8 Å². The maximum atomic E-state index is 12.6. The van der Waals surface area contributed by atoms with E-state index in [1.807, 2.05) is 6.92 Å². The van der Waals surface area contributed by atoms with Gasteiger partial charge >= 0.3 is 0 Å². The Hall–Kier alpha value is -2.45. The summed E-state index contributed by atoms with van der Waals surface area (Å²) in [5.41, 5.74) is 0.719. The summed E-state index contributed by atoms with van der Waals surface area (Å²) < 4.78 is 25.1. The molecule has 0 spiro atoms. The third kappa shape index (κ3) is 3.66. The van der Waals surface area contributed by atoms with Gasteiger partial charge in [0, 0.05) is 12.6 Å². The van der Waals surface area contributed by atoms with Crippen LogP contribution in [-0.4, -0.2) is 31.6 Å². The molecule has 0 aliphatic rings. The minimum absolute atomic E-state index is 0.0773. The summed E-state index contributed by atoms with van der Waals surface area (Å²) in [6, 6.07) is 9.92. The molecule has 0 heterocycles. The Morgan fingerprint density at radius 1 is 1.13 bits per heavy atom. The van der Waals surface area contributed by atoms with Crippen LogP contribution in [0.3, 0.4) is 0 Å². The number of nitro groups is 1. The molecule has 0 saturated carbocycles. The molecule has 2 aromatic carbocycles. The van der Waals surface area contributed by atoms with Gasteiger partial charge in [-0.05, 0) is 31.2 Å². The predicted octanol–water partition coefficient (Wildman–Crippen LogP) is 2.14. The van der Waals surface area contributed by atoms with Gasteiger partial charge in [-0.25, -0.2) is 8.42 Å². The van der Waals surface area contributed by atoms with Crippen LogP contribution in [0.15, 0.2) is 52.3 Å². The van der Waals surface area contributed by atoms with Crippen LogP contribution in [0.4, 0.5) is 11.4 Å². The zero-order valence-electron chi connectivity index (χ0n) is 12.4. The van der Waals surface area contributed by atoms with Gasteiger partial charge in [0.15, 0.2) is 0 Å². The molecule has 0 fully saturated rings. The largest absolute Gasteiger partial charge is 0.395 e. The van der Waals surface area contributed by atoms with Crippen molar-refractivity contribution in [3.05, 3.63) is 58.1 Å². The van der Waals surface area contributed by atoms with Crippen molar-refractivity contribution >= 4 is 21.2 Å². The van der Waals surface area contributed by atoms with Gasteiger partial charge in [-0.2, -0.15) is 0 Å². The Kier molecular flexibility index (Phi) is 4.97. The minimum atomic E-state index is -3.83. The summed E-state index contributed by atoms with van der Waals surface area (Å²) in [7, 11) is -3.83. The number of nitrogens with zero attached hydrogens (tertiary/aromatic N) is 1. The zero-order valence-corrected chi connectivity index (χ0v) is 13.2. The van der Waals surface area contributed by atoms with Crippen molar-refractivity contribution in [2.45, 2.75) is 16.7 Å². The van der Waals surface area contributed by atoms with Crippen LogP contribution < -0.4 is 5.32 Å². The predicted molar refractivity (Wildman–Crippen MR) is 85.3 cm³/mol. The molecular weight excluding hydrogens is 320 g/mol. The van der Waals surface area contributed by atoms with E-state index in [1.165, 1.54) is 24.3 Å². The number of nitrogens with one attached hydrogen (secondary N) is 1. The average molecular weight is 336 g/mol. The van der Waals surface area contributed by atoms with E-state index in [4.69, 9.17) is 5.11 Å². The highest BCUT2D eigenvalue weighted by molar-refractivity contribution is 7.91. The van der Waals surface area contributed by atoms with Crippen LogP contribution in [0.2, 0.25) is 0 Å². The van der Waals surface area contributed by atoms with Gasteiger partial charge in [0.1, 0.15) is 5.69 Å². The monoisotopic (exact) mass is 336 g/mol. The number of hydrogen-bond donors (Lipinski definition) is 2. The highest BCUT2D eigenvalue weighted by Crippen LogP contribution is 2.30. The van der Waals surface area contributed by atoms with Crippen LogP contribution in [0, 0.1) is 17.0 Å². The number of rotatable bonds is 6. The van der Waals surface area contributed by atoms with E-state index in [0.717, 1.165) is 11.6 Å². The van der Waals surface area contributed by atoms with Crippen LogP contribution in [0.5, 0.6) is 0 Å². The van der Waals surface area contributed by atoms with Gasteiger partial charge in [0.25, 0.3) is 5.69 Å². The normalized spacial score (nSPS) is 11.2. The summed E-state index contributed by atoms with van der Waals surface area (Å²) in [4.78, 5) is 10.4. The lowest BCUT2D eigenvalue weighted by molar-refractivity contribution is -0.384. The molecule has 0 aromatic heterocycles. The van der Waals surface area contributed by atoms with Gasteiger partial charge in [-0.1, -0.05) is 17.7 Å². The van der Waals surface area contributed by atoms with Crippen molar-refractivity contribution in [1.29, 1.82) is 0 Å². The summed E-state index contributed by atoms with van der Waals surface area (Å²) in [6.45, 7) is 1.77. The molecule has 0 saturated heterocycles. The number of aryl methyl sites for hydroxylation is 1. The number of hydrogen-bond acceptors (Lipinski definition) is 6. The fraction of sp³-hybridized carbons (Fsp3) is 0.200. The van der Waals surface area contributed by atoms with Crippen molar-refractivity contribution in [1.82, 2.24) is 0 Å². The van der Waals surface area contributed by atoms with E-state index in [-0.39, 0.29) is 34.3 Å². The molecule has 0 atom stereocenters. The fourth-order valence-electron chi connectivity index (χ4n) is 2.02. The highest BCUT2D eigenvalue weighted by atomic mass is 32.2. The molecule has 2 aromatic rings. The molecule has 122 valence electrons. The SMILES string of the molecule is Cc1ccc(S(=O)(=O)c2ccc(NCCO)c([N+](=O)[O-])c2)cc1. The van der Waals surface area contributed by atoms with Crippen molar-refractivity contribution in [3.63, 3.8) is 0 Å². The van der Waals surface area contributed by atoms with Crippen molar-refractivity contribution in [2.24, 2.45) is 0 Å². The van der Waals surface area contributed by atoms with Crippen molar-refractivity contribution < 1.29 is 18.4 Å². The number of sulfone groups is 1. The Labute approximate surface area is 133 Å². The standard InChI is InChI=1S/C15H16N2O5S/c1-11-2-4-12(5-3-11)23(21,22)13-6-7-14(16-8-9-18)15(10-13)17(19)20/h2-7,10,16,18H,8-9H2,1H3. The lowest BCUT2D eigenvalue weighted by Crippen LogP contribution is -2.09. The molecule has 0 radical (unpaired) electrons. The maximum absolute atomic E-state index is 12.6. The molecule has 2 N–H and O–H groups in total. The fourth-order valence-corrected chi connectivity index (χ4v) is 3.30. The second-order valence-corrected chi connectivity index (χ2v) is 6.85. The van der Waals surface area contributed by atoms with Crippen molar-refractivity contribution in [2.75, 3.05) is 18.5 Å². The molecule has 8 heteroatoms. The molecular formula is C15H16N2O5S. The van der Waals surface area contributed by atoms with Gasteiger partial charge in [-0.15, -0.1) is 0 Å². The van der Waals surface area contributed by atoms with E-state index in [1.54, 1.807) is 12.1 Å². The molecule has 7 nitrogen and oxygen atoms in total. The molecule has 0 aliphatic heterocycles. The Morgan fingerprint density at radius 3 is 2.30 bits per heavy atom. The second kappa shape index (κ2) is 6.76. The number of aliphatic hydroxyl groups excluding tert-OH is 1. The molecule has 23 heavy (non-hydrogen) atoms. The molecule has 0 amide bonds. The third-order valence-electron chi connectivity index (χ3n) is 3.23. The average Bonchev–Trinajstić information content (AvgIpc) is 2.53. The van der Waals surface area contributed by atoms with Crippen LogP contribution in [0.1, 0.15) is 5.56 Å². The first-order valence-electron chi connectivity index (χ1n) is 6.81. The van der Waals surface area contributed by atoms with Gasteiger partial charge in [0.05, 0.1) is 21.3 Å². The summed E-state index contributed by atoms with van der Waals surface area (Å²) in [5, 5.41) is 22.6. The summed E-state index contributed by atoms with van der Waals surface area (Å²) >= 11 is 0. The Balaban J connectivity index is 2.48. The van der Waals surface area contributed by atoms with Gasteiger partial charge < -0.3 is 10.4 Å². The smallest absolute Gasteiger partial charge is 0.293 e. The van der Waals surface area contributed by atoms with Crippen LogP contribution in [-0.2, 0) is 9.84 Å². The maximum Gasteiger partial charge on any atom is 0.293 e. The first kappa shape index (κ1) is 16.9.